The van der Waals surface area contributed by atoms with Crippen LogP contribution in [0, 0.1) is 0 Å². The van der Waals surface area contributed by atoms with Crippen LogP contribution >= 0.6 is 12.6 Å². The number of aromatic nitrogens is 2. The fourth-order valence-corrected chi connectivity index (χ4v) is 1.81. The Morgan fingerprint density at radius 1 is 1.38 bits per heavy atom. The lowest BCUT2D eigenvalue weighted by atomic mass is 9.92. The molecule has 0 saturated heterocycles. The average Bonchev–Trinajstić information content (AvgIpc) is 2.28. The first-order valence-electron chi connectivity index (χ1n) is 4.60. The molecule has 0 radical (unpaired) electrons. The van der Waals surface area contributed by atoms with Crippen molar-refractivity contribution in [1.82, 2.24) is 9.55 Å². The Balaban J connectivity index is 3.23. The summed E-state index contributed by atoms with van der Waals surface area (Å²) in [7, 11) is 0. The lowest BCUT2D eigenvalue weighted by molar-refractivity contribution is 0.460. The van der Waals surface area contributed by atoms with E-state index in [9.17, 15) is 0 Å². The van der Waals surface area contributed by atoms with Crippen LogP contribution in [-0.4, -0.2) is 9.55 Å². The maximum Gasteiger partial charge on any atom is 0.165 e. The summed E-state index contributed by atoms with van der Waals surface area (Å²) < 4.78 is 2.17. The third-order valence-electron chi connectivity index (χ3n) is 2.06. The van der Waals surface area contributed by atoms with Crippen LogP contribution in [-0.2, 0) is 5.41 Å². The van der Waals surface area contributed by atoms with Gasteiger partial charge in [0.2, 0.25) is 0 Å². The molecule has 13 heavy (non-hydrogen) atoms. The fraction of sp³-hybridized carbons (Fsp3) is 0.700. The summed E-state index contributed by atoms with van der Waals surface area (Å²) in [5, 5.41) is 0.805. The molecule has 0 aliphatic carbocycles. The topological polar surface area (TPSA) is 17.8 Å². The maximum atomic E-state index is 4.34. The highest BCUT2D eigenvalue weighted by molar-refractivity contribution is 7.80. The van der Waals surface area contributed by atoms with Crippen molar-refractivity contribution in [3.63, 3.8) is 0 Å². The van der Waals surface area contributed by atoms with Crippen molar-refractivity contribution < 1.29 is 0 Å². The van der Waals surface area contributed by atoms with Gasteiger partial charge in [-0.25, -0.2) is 4.98 Å². The molecule has 1 aromatic rings. The van der Waals surface area contributed by atoms with Crippen molar-refractivity contribution in [2.45, 2.75) is 51.2 Å². The number of thiol groups is 1. The van der Waals surface area contributed by atoms with Gasteiger partial charge in [0.05, 0.1) is 0 Å². The predicted octanol–water partition coefficient (Wildman–Crippen LogP) is 3.05. The first kappa shape index (κ1) is 10.6. The van der Waals surface area contributed by atoms with Gasteiger partial charge < -0.3 is 4.57 Å². The molecule has 0 atom stereocenters. The van der Waals surface area contributed by atoms with E-state index in [0.717, 1.165) is 5.16 Å². The van der Waals surface area contributed by atoms with Gasteiger partial charge in [0.25, 0.3) is 0 Å². The van der Waals surface area contributed by atoms with E-state index in [1.165, 1.54) is 5.69 Å². The van der Waals surface area contributed by atoms with Gasteiger partial charge in [-0.15, -0.1) is 12.6 Å². The minimum Gasteiger partial charge on any atom is -0.320 e. The molecule has 0 unspecified atom stereocenters. The van der Waals surface area contributed by atoms with Gasteiger partial charge in [0, 0.05) is 23.3 Å². The predicted molar refractivity (Wildman–Crippen MR) is 58.6 cm³/mol. The quantitative estimate of drug-likeness (QED) is 0.687. The van der Waals surface area contributed by atoms with E-state index in [2.05, 4.69) is 56.8 Å². The maximum absolute atomic E-state index is 4.34. The molecule has 2 nitrogen and oxygen atoms in total. The molecule has 0 aliphatic rings. The number of hydrogen-bond acceptors (Lipinski definition) is 2. The lowest BCUT2D eigenvalue weighted by Gasteiger charge is -2.23. The van der Waals surface area contributed by atoms with Crippen molar-refractivity contribution in [3.8, 4) is 0 Å². The van der Waals surface area contributed by atoms with E-state index in [4.69, 9.17) is 0 Å². The number of hydrogen-bond donors (Lipinski definition) is 1. The molecule has 1 heterocycles. The third-order valence-corrected chi connectivity index (χ3v) is 2.39. The molecule has 1 aromatic heterocycles. The van der Waals surface area contributed by atoms with Gasteiger partial charge in [0.1, 0.15) is 0 Å². The van der Waals surface area contributed by atoms with Crippen molar-refractivity contribution in [2.24, 2.45) is 0 Å². The average molecular weight is 198 g/mol. The molecule has 1 rings (SSSR count). The molecule has 0 bridgehead atoms. The van der Waals surface area contributed by atoms with Crippen molar-refractivity contribution >= 4 is 12.6 Å². The monoisotopic (exact) mass is 198 g/mol. The van der Waals surface area contributed by atoms with E-state index in [0.29, 0.717) is 6.04 Å². The minimum absolute atomic E-state index is 0.137. The number of imidazole rings is 1. The SMILES string of the molecule is CC(C)n1c(C(C)(C)C)cnc1S. The summed E-state index contributed by atoms with van der Waals surface area (Å²) in [5.74, 6) is 0. The van der Waals surface area contributed by atoms with Gasteiger partial charge in [-0.2, -0.15) is 0 Å². The molecule has 0 N–H and O–H groups in total. The van der Waals surface area contributed by atoms with Crippen molar-refractivity contribution in [1.29, 1.82) is 0 Å². The lowest BCUT2D eigenvalue weighted by Crippen LogP contribution is -2.19. The van der Waals surface area contributed by atoms with Gasteiger partial charge in [-0.3, -0.25) is 0 Å². The zero-order valence-electron chi connectivity index (χ0n) is 9.00. The molecule has 74 valence electrons. The highest BCUT2D eigenvalue weighted by Gasteiger charge is 2.21. The highest BCUT2D eigenvalue weighted by Crippen LogP contribution is 2.27. The Kier molecular flexibility index (Phi) is 2.76. The van der Waals surface area contributed by atoms with Gasteiger partial charge >= 0.3 is 0 Å². The van der Waals surface area contributed by atoms with Crippen LogP contribution in [0.25, 0.3) is 0 Å². The molecule has 0 amide bonds. The van der Waals surface area contributed by atoms with E-state index in [-0.39, 0.29) is 5.41 Å². The summed E-state index contributed by atoms with van der Waals surface area (Å²) in [6.07, 6.45) is 1.92. The molecular weight excluding hydrogens is 180 g/mol. The summed E-state index contributed by atoms with van der Waals surface area (Å²) in [6.45, 7) is 10.9. The van der Waals surface area contributed by atoms with Crippen molar-refractivity contribution in [2.75, 3.05) is 0 Å². The van der Waals surface area contributed by atoms with Crippen LogP contribution in [0.2, 0.25) is 0 Å². The Bertz CT molecular complexity index is 294. The van der Waals surface area contributed by atoms with Crippen LogP contribution < -0.4 is 0 Å². The van der Waals surface area contributed by atoms with Crippen LogP contribution in [0.1, 0.15) is 46.4 Å². The van der Waals surface area contributed by atoms with Crippen LogP contribution in [0.4, 0.5) is 0 Å². The molecule has 3 heteroatoms. The van der Waals surface area contributed by atoms with E-state index >= 15 is 0 Å². The Morgan fingerprint density at radius 2 is 1.92 bits per heavy atom. The second-order valence-corrected chi connectivity index (χ2v) is 5.06. The second kappa shape index (κ2) is 3.37. The van der Waals surface area contributed by atoms with Crippen LogP contribution in [0.5, 0.6) is 0 Å². The minimum atomic E-state index is 0.137. The normalized spacial score (nSPS) is 12.5. The molecular formula is C10H18N2S. The summed E-state index contributed by atoms with van der Waals surface area (Å²) in [4.78, 5) is 4.23. The van der Waals surface area contributed by atoms with E-state index < -0.39 is 0 Å². The smallest absolute Gasteiger partial charge is 0.165 e. The summed E-state index contributed by atoms with van der Waals surface area (Å²) in [5.41, 5.74) is 1.38. The summed E-state index contributed by atoms with van der Waals surface area (Å²) >= 11 is 4.34. The van der Waals surface area contributed by atoms with Crippen LogP contribution in [0.3, 0.4) is 0 Å². The number of nitrogens with zero attached hydrogens (tertiary/aromatic N) is 2. The Hall–Kier alpha value is -0.440. The van der Waals surface area contributed by atoms with Gasteiger partial charge in [0.15, 0.2) is 5.16 Å². The fourth-order valence-electron chi connectivity index (χ4n) is 1.42. The molecule has 0 spiro atoms. The largest absolute Gasteiger partial charge is 0.320 e. The van der Waals surface area contributed by atoms with Gasteiger partial charge in [-0.05, 0) is 13.8 Å². The molecule has 0 aromatic carbocycles. The first-order chi connectivity index (χ1) is 5.84. The van der Waals surface area contributed by atoms with Crippen molar-refractivity contribution in [3.05, 3.63) is 11.9 Å². The standard InChI is InChI=1S/C10H18N2S/c1-7(2)12-8(10(3,4)5)6-11-9(12)13/h6-7H,1-5H3,(H,11,13). The van der Waals surface area contributed by atoms with E-state index in [1.807, 2.05) is 6.20 Å². The number of rotatable bonds is 1. The summed E-state index contributed by atoms with van der Waals surface area (Å²) in [6, 6.07) is 0.421. The highest BCUT2D eigenvalue weighted by atomic mass is 32.1. The third kappa shape index (κ3) is 2.08. The zero-order valence-corrected chi connectivity index (χ0v) is 9.89. The Morgan fingerprint density at radius 3 is 2.23 bits per heavy atom. The first-order valence-corrected chi connectivity index (χ1v) is 5.05. The molecule has 0 fully saturated rings. The zero-order chi connectivity index (χ0) is 10.2. The molecule has 0 saturated carbocycles. The second-order valence-electron chi connectivity index (χ2n) is 4.66. The van der Waals surface area contributed by atoms with Crippen LogP contribution in [0.15, 0.2) is 11.4 Å². The molecule has 0 aliphatic heterocycles. The van der Waals surface area contributed by atoms with E-state index in [1.54, 1.807) is 0 Å². The van der Waals surface area contributed by atoms with Gasteiger partial charge in [-0.1, -0.05) is 20.8 Å². The Labute approximate surface area is 85.8 Å².